The SMILES string of the molecule is CC(C)Cc1c(NC=O)cc(NC(=O)[C@H]2CC[C@H](C(C)(C)C)CC2)cc1NC(=O)[C@H]1CC[C@H](C(C)(C)C)CC1. The van der Waals surface area contributed by atoms with Gasteiger partial charge in [-0.3, -0.25) is 14.4 Å². The fraction of sp³-hybridized carbons (Fsp3) is 0.727. The minimum Gasteiger partial charge on any atom is -0.328 e. The van der Waals surface area contributed by atoms with Crippen LogP contribution < -0.4 is 16.0 Å². The van der Waals surface area contributed by atoms with E-state index in [0.29, 0.717) is 47.6 Å². The average Bonchev–Trinajstić information content (AvgIpc) is 2.85. The highest BCUT2D eigenvalue weighted by molar-refractivity contribution is 5.98. The Labute approximate surface area is 236 Å². The predicted octanol–water partition coefficient (Wildman–Crippen LogP) is 8.04. The quantitative estimate of drug-likeness (QED) is 0.292. The third kappa shape index (κ3) is 8.56. The van der Waals surface area contributed by atoms with E-state index in [1.807, 2.05) is 12.1 Å². The molecule has 1 aromatic rings. The normalized spacial score (nSPS) is 24.2. The van der Waals surface area contributed by atoms with Crippen molar-refractivity contribution in [1.82, 2.24) is 0 Å². The second-order valence-electron chi connectivity index (χ2n) is 14.7. The number of rotatable bonds is 8. The molecule has 2 aliphatic rings. The summed E-state index contributed by atoms with van der Waals surface area (Å²) in [5.41, 5.74) is 3.37. The first-order valence-corrected chi connectivity index (χ1v) is 15.2. The molecule has 2 fully saturated rings. The van der Waals surface area contributed by atoms with Crippen molar-refractivity contribution in [3.05, 3.63) is 17.7 Å². The van der Waals surface area contributed by atoms with E-state index in [2.05, 4.69) is 71.3 Å². The van der Waals surface area contributed by atoms with Gasteiger partial charge in [-0.15, -0.1) is 0 Å². The van der Waals surface area contributed by atoms with Crippen molar-refractivity contribution >= 4 is 35.3 Å². The molecule has 0 aliphatic heterocycles. The van der Waals surface area contributed by atoms with E-state index < -0.39 is 0 Å². The van der Waals surface area contributed by atoms with Gasteiger partial charge >= 0.3 is 0 Å². The lowest BCUT2D eigenvalue weighted by molar-refractivity contribution is -0.122. The van der Waals surface area contributed by atoms with Crippen LogP contribution in [0, 0.1) is 40.4 Å². The highest BCUT2D eigenvalue weighted by Crippen LogP contribution is 2.42. The molecular formula is C33H53N3O3. The lowest BCUT2D eigenvalue weighted by Crippen LogP contribution is -2.32. The summed E-state index contributed by atoms with van der Waals surface area (Å²) in [6, 6.07) is 3.71. The first-order valence-electron chi connectivity index (χ1n) is 15.2. The fourth-order valence-electron chi connectivity index (χ4n) is 6.60. The molecule has 0 unspecified atom stereocenters. The van der Waals surface area contributed by atoms with Crippen LogP contribution in [-0.4, -0.2) is 18.2 Å². The smallest absolute Gasteiger partial charge is 0.227 e. The van der Waals surface area contributed by atoms with Crippen molar-refractivity contribution in [2.24, 2.45) is 40.4 Å². The van der Waals surface area contributed by atoms with E-state index in [9.17, 15) is 14.4 Å². The summed E-state index contributed by atoms with van der Waals surface area (Å²) >= 11 is 0. The Morgan fingerprint density at radius 3 is 1.62 bits per heavy atom. The maximum atomic E-state index is 13.4. The van der Waals surface area contributed by atoms with Gasteiger partial charge in [0.05, 0.1) is 0 Å². The molecule has 218 valence electrons. The standard InChI is InChI=1S/C33H53N3O3/c1-21(2)17-27-28(34-20-37)18-26(35-30(38)22-9-13-24(14-10-22)32(3,4)5)19-29(27)36-31(39)23-11-15-25(16-12-23)33(6,7)8/h18-25H,9-17H2,1-8H3,(H,34,37)(H,35,38)(H,36,39)/t22-,23-,24-,25-. The molecule has 3 rings (SSSR count). The molecule has 2 aliphatic carbocycles. The zero-order chi connectivity index (χ0) is 29.0. The Morgan fingerprint density at radius 1 is 0.769 bits per heavy atom. The van der Waals surface area contributed by atoms with Gasteiger partial charge in [-0.2, -0.15) is 0 Å². The fourth-order valence-corrected chi connectivity index (χ4v) is 6.60. The zero-order valence-electron chi connectivity index (χ0n) is 25.7. The van der Waals surface area contributed by atoms with Crippen LogP contribution >= 0.6 is 0 Å². The third-order valence-corrected chi connectivity index (χ3v) is 9.25. The minimum atomic E-state index is -0.0192. The summed E-state index contributed by atoms with van der Waals surface area (Å²) in [7, 11) is 0. The van der Waals surface area contributed by atoms with Crippen LogP contribution in [0.15, 0.2) is 12.1 Å². The minimum absolute atomic E-state index is 0.0162. The molecule has 6 heteroatoms. The second-order valence-corrected chi connectivity index (χ2v) is 14.7. The number of nitrogens with one attached hydrogen (secondary N) is 3. The van der Waals surface area contributed by atoms with Crippen LogP contribution in [0.1, 0.15) is 112 Å². The molecule has 3 N–H and O–H groups in total. The van der Waals surface area contributed by atoms with Crippen LogP contribution in [0.25, 0.3) is 0 Å². The summed E-state index contributed by atoms with van der Waals surface area (Å²) in [5, 5.41) is 9.15. The molecule has 1 aromatic carbocycles. The first-order chi connectivity index (χ1) is 18.2. The maximum Gasteiger partial charge on any atom is 0.227 e. The van der Waals surface area contributed by atoms with E-state index in [1.54, 1.807) is 0 Å². The molecule has 39 heavy (non-hydrogen) atoms. The number of benzene rings is 1. The molecule has 0 radical (unpaired) electrons. The highest BCUT2D eigenvalue weighted by Gasteiger charge is 2.34. The molecule has 0 heterocycles. The molecule has 0 saturated heterocycles. The molecule has 0 spiro atoms. The van der Waals surface area contributed by atoms with E-state index in [1.165, 1.54) is 0 Å². The molecular weight excluding hydrogens is 486 g/mol. The first kappa shape index (κ1) is 31.2. The topological polar surface area (TPSA) is 87.3 Å². The Morgan fingerprint density at radius 2 is 1.21 bits per heavy atom. The second kappa shape index (κ2) is 12.9. The maximum absolute atomic E-state index is 13.4. The monoisotopic (exact) mass is 539 g/mol. The average molecular weight is 540 g/mol. The van der Waals surface area contributed by atoms with Gasteiger partial charge in [0.1, 0.15) is 0 Å². The van der Waals surface area contributed by atoms with Gasteiger partial charge in [-0.05, 0) is 104 Å². The Kier molecular flexibility index (Phi) is 10.3. The Bertz CT molecular complexity index is 1000. The number of hydrogen-bond acceptors (Lipinski definition) is 3. The van der Waals surface area contributed by atoms with Gasteiger partial charge in [0.15, 0.2) is 0 Å². The molecule has 3 amide bonds. The van der Waals surface area contributed by atoms with Crippen LogP contribution in [0.4, 0.5) is 17.1 Å². The lowest BCUT2D eigenvalue weighted by atomic mass is 9.69. The summed E-state index contributed by atoms with van der Waals surface area (Å²) in [4.78, 5) is 38.2. The Balaban J connectivity index is 1.78. The van der Waals surface area contributed by atoms with Gasteiger partial charge in [0.2, 0.25) is 18.2 Å². The van der Waals surface area contributed by atoms with E-state index in [4.69, 9.17) is 0 Å². The molecule has 2 saturated carbocycles. The summed E-state index contributed by atoms with van der Waals surface area (Å²) < 4.78 is 0. The summed E-state index contributed by atoms with van der Waals surface area (Å²) in [5.74, 6) is 1.63. The van der Waals surface area contributed by atoms with Crippen LogP contribution in [0.3, 0.4) is 0 Å². The lowest BCUT2D eigenvalue weighted by Gasteiger charge is -2.36. The van der Waals surface area contributed by atoms with Gasteiger partial charge in [-0.1, -0.05) is 55.4 Å². The molecule has 6 nitrogen and oxygen atoms in total. The number of hydrogen-bond donors (Lipinski definition) is 3. The van der Waals surface area contributed by atoms with E-state index in [-0.39, 0.29) is 34.5 Å². The Hall–Kier alpha value is -2.37. The van der Waals surface area contributed by atoms with Crippen molar-refractivity contribution in [2.45, 2.75) is 113 Å². The molecule has 0 bridgehead atoms. The van der Waals surface area contributed by atoms with Crippen LogP contribution in [0.5, 0.6) is 0 Å². The zero-order valence-corrected chi connectivity index (χ0v) is 25.7. The van der Waals surface area contributed by atoms with E-state index in [0.717, 1.165) is 56.9 Å². The van der Waals surface area contributed by atoms with Gasteiger partial charge in [0.25, 0.3) is 0 Å². The van der Waals surface area contributed by atoms with Gasteiger partial charge in [-0.25, -0.2) is 0 Å². The van der Waals surface area contributed by atoms with Gasteiger partial charge in [0, 0.05) is 28.9 Å². The summed E-state index contributed by atoms with van der Waals surface area (Å²) in [6.07, 6.45) is 9.17. The van der Waals surface area contributed by atoms with Crippen LogP contribution in [-0.2, 0) is 20.8 Å². The highest BCUT2D eigenvalue weighted by atomic mass is 16.2. The van der Waals surface area contributed by atoms with Crippen LogP contribution in [0.2, 0.25) is 0 Å². The number of amides is 3. The molecule has 0 atom stereocenters. The van der Waals surface area contributed by atoms with Crippen molar-refractivity contribution in [3.8, 4) is 0 Å². The van der Waals surface area contributed by atoms with Crippen molar-refractivity contribution in [1.29, 1.82) is 0 Å². The van der Waals surface area contributed by atoms with Crippen molar-refractivity contribution in [2.75, 3.05) is 16.0 Å². The number of anilines is 3. The summed E-state index contributed by atoms with van der Waals surface area (Å²) in [6.45, 7) is 17.9. The third-order valence-electron chi connectivity index (χ3n) is 9.25. The largest absolute Gasteiger partial charge is 0.328 e. The van der Waals surface area contributed by atoms with Crippen molar-refractivity contribution in [3.63, 3.8) is 0 Å². The van der Waals surface area contributed by atoms with E-state index >= 15 is 0 Å². The predicted molar refractivity (Wildman–Crippen MR) is 162 cm³/mol. The van der Waals surface area contributed by atoms with Gasteiger partial charge < -0.3 is 16.0 Å². The van der Waals surface area contributed by atoms with Crippen molar-refractivity contribution < 1.29 is 14.4 Å². The number of carbonyl (C=O) groups excluding carboxylic acids is 3. The molecule has 0 aromatic heterocycles. The number of carbonyl (C=O) groups is 3.